The van der Waals surface area contributed by atoms with Crippen LogP contribution in [0.5, 0.6) is 0 Å². The van der Waals surface area contributed by atoms with E-state index in [-0.39, 0.29) is 10.8 Å². The van der Waals surface area contributed by atoms with Crippen LogP contribution >= 0.6 is 11.6 Å². The molecule has 28 heavy (non-hydrogen) atoms. The summed E-state index contributed by atoms with van der Waals surface area (Å²) in [5, 5.41) is 3.44. The van der Waals surface area contributed by atoms with E-state index in [4.69, 9.17) is 11.6 Å². The zero-order valence-corrected chi connectivity index (χ0v) is 16.9. The van der Waals surface area contributed by atoms with Gasteiger partial charge in [0.1, 0.15) is 0 Å². The predicted octanol–water partition coefficient (Wildman–Crippen LogP) is 5.01. The van der Waals surface area contributed by atoms with Crippen molar-refractivity contribution in [3.63, 3.8) is 0 Å². The zero-order chi connectivity index (χ0) is 20.3. The van der Waals surface area contributed by atoms with Crippen LogP contribution in [-0.2, 0) is 10.0 Å². The molecule has 3 aromatic rings. The Balaban J connectivity index is 1.79. The number of carbonyl (C=O) groups excluding carboxylic acids is 1. The molecule has 0 aliphatic heterocycles. The minimum Gasteiger partial charge on any atom is -0.322 e. The Morgan fingerprint density at radius 1 is 0.857 bits per heavy atom. The summed E-state index contributed by atoms with van der Waals surface area (Å²) in [5.74, 6) is -0.286. The molecule has 0 aromatic heterocycles. The van der Waals surface area contributed by atoms with Crippen molar-refractivity contribution in [3.8, 4) is 0 Å². The van der Waals surface area contributed by atoms with Gasteiger partial charge >= 0.3 is 0 Å². The van der Waals surface area contributed by atoms with Gasteiger partial charge in [-0.1, -0.05) is 29.8 Å². The van der Waals surface area contributed by atoms with Crippen LogP contribution in [-0.4, -0.2) is 14.3 Å². The second-order valence-electron chi connectivity index (χ2n) is 6.36. The minimum atomic E-state index is -3.69. The fourth-order valence-electron chi connectivity index (χ4n) is 2.68. The molecule has 0 radical (unpaired) electrons. The molecule has 3 rings (SSSR count). The van der Waals surface area contributed by atoms with E-state index in [9.17, 15) is 13.2 Å². The Morgan fingerprint density at radius 2 is 1.50 bits per heavy atom. The quantitative estimate of drug-likeness (QED) is 0.616. The molecule has 5 nitrogen and oxygen atoms in total. The highest BCUT2D eigenvalue weighted by Crippen LogP contribution is 2.23. The number of amides is 1. The number of halogens is 1. The summed E-state index contributed by atoms with van der Waals surface area (Å²) in [6.07, 6.45) is 0. The van der Waals surface area contributed by atoms with E-state index in [0.717, 1.165) is 5.56 Å². The van der Waals surface area contributed by atoms with Gasteiger partial charge in [-0.15, -0.1) is 0 Å². The molecule has 0 atom stereocenters. The van der Waals surface area contributed by atoms with Gasteiger partial charge in [0.25, 0.3) is 15.9 Å². The van der Waals surface area contributed by atoms with E-state index in [1.165, 1.54) is 12.1 Å². The third-order valence-electron chi connectivity index (χ3n) is 4.22. The lowest BCUT2D eigenvalue weighted by molar-refractivity contribution is 0.102. The van der Waals surface area contributed by atoms with Crippen molar-refractivity contribution >= 4 is 38.9 Å². The van der Waals surface area contributed by atoms with Gasteiger partial charge in [-0.3, -0.25) is 9.52 Å². The van der Waals surface area contributed by atoms with Crippen molar-refractivity contribution in [1.82, 2.24) is 0 Å². The monoisotopic (exact) mass is 414 g/mol. The number of aryl methyl sites for hydroxylation is 2. The van der Waals surface area contributed by atoms with Crippen LogP contribution in [0, 0.1) is 13.8 Å². The van der Waals surface area contributed by atoms with Crippen molar-refractivity contribution in [2.75, 3.05) is 10.0 Å². The van der Waals surface area contributed by atoms with Gasteiger partial charge in [-0.2, -0.15) is 0 Å². The number of nitrogens with one attached hydrogen (secondary N) is 2. The number of hydrogen-bond acceptors (Lipinski definition) is 3. The van der Waals surface area contributed by atoms with E-state index in [0.29, 0.717) is 27.5 Å². The lowest BCUT2D eigenvalue weighted by atomic mass is 10.1. The largest absolute Gasteiger partial charge is 0.322 e. The molecule has 0 saturated carbocycles. The van der Waals surface area contributed by atoms with E-state index < -0.39 is 10.0 Å². The van der Waals surface area contributed by atoms with E-state index >= 15 is 0 Å². The molecule has 0 aliphatic rings. The summed E-state index contributed by atoms with van der Waals surface area (Å²) in [4.78, 5) is 12.7. The molecule has 0 bridgehead atoms. The van der Waals surface area contributed by atoms with Crippen molar-refractivity contribution in [2.24, 2.45) is 0 Å². The molecular weight excluding hydrogens is 396 g/mol. The molecule has 0 fully saturated rings. The first-order chi connectivity index (χ1) is 13.3. The highest BCUT2D eigenvalue weighted by Gasteiger charge is 2.16. The lowest BCUT2D eigenvalue weighted by Gasteiger charge is -2.13. The Morgan fingerprint density at radius 3 is 2.14 bits per heavy atom. The highest BCUT2D eigenvalue weighted by atomic mass is 35.5. The summed E-state index contributed by atoms with van der Waals surface area (Å²) < 4.78 is 27.5. The predicted molar refractivity (Wildman–Crippen MR) is 113 cm³/mol. The van der Waals surface area contributed by atoms with Gasteiger partial charge in [0.15, 0.2) is 0 Å². The SMILES string of the molecule is Cc1cc(Cl)ccc1NC(=O)c1ccc(NS(=O)(=O)c2ccccc2)c(C)c1. The van der Waals surface area contributed by atoms with E-state index in [1.54, 1.807) is 61.5 Å². The van der Waals surface area contributed by atoms with Gasteiger partial charge in [0.05, 0.1) is 10.6 Å². The number of benzene rings is 3. The molecule has 1 amide bonds. The highest BCUT2D eigenvalue weighted by molar-refractivity contribution is 7.92. The smallest absolute Gasteiger partial charge is 0.261 e. The van der Waals surface area contributed by atoms with Crippen LogP contribution in [0.25, 0.3) is 0 Å². The molecular formula is C21H19ClN2O3S. The number of hydrogen-bond donors (Lipinski definition) is 2. The average molecular weight is 415 g/mol. The van der Waals surface area contributed by atoms with Crippen molar-refractivity contribution in [2.45, 2.75) is 18.7 Å². The fraction of sp³-hybridized carbons (Fsp3) is 0.0952. The summed E-state index contributed by atoms with van der Waals surface area (Å²) in [7, 11) is -3.69. The topological polar surface area (TPSA) is 75.3 Å². The molecule has 144 valence electrons. The van der Waals surface area contributed by atoms with Gasteiger partial charge in [0, 0.05) is 16.3 Å². The number of sulfonamides is 1. The van der Waals surface area contributed by atoms with Crippen molar-refractivity contribution in [3.05, 3.63) is 88.4 Å². The Kier molecular flexibility index (Phi) is 5.72. The summed E-state index contributed by atoms with van der Waals surface area (Å²) in [5.41, 5.74) is 3.00. The second kappa shape index (κ2) is 8.04. The summed E-state index contributed by atoms with van der Waals surface area (Å²) in [6.45, 7) is 3.60. The van der Waals surface area contributed by atoms with Gasteiger partial charge in [0.2, 0.25) is 0 Å². The first kappa shape index (κ1) is 19.9. The van der Waals surface area contributed by atoms with E-state index in [1.807, 2.05) is 6.92 Å². The maximum absolute atomic E-state index is 12.5. The third kappa shape index (κ3) is 4.52. The van der Waals surface area contributed by atoms with Crippen LogP contribution in [0.3, 0.4) is 0 Å². The van der Waals surface area contributed by atoms with Gasteiger partial charge in [-0.05, 0) is 73.5 Å². The number of rotatable bonds is 5. The Labute approximate surface area is 169 Å². The fourth-order valence-corrected chi connectivity index (χ4v) is 4.06. The first-order valence-electron chi connectivity index (χ1n) is 8.52. The molecule has 0 aliphatic carbocycles. The Hall–Kier alpha value is -2.83. The normalized spacial score (nSPS) is 11.1. The maximum atomic E-state index is 12.5. The molecule has 0 heterocycles. The molecule has 7 heteroatoms. The summed E-state index contributed by atoms with van der Waals surface area (Å²) in [6, 6.07) is 18.1. The zero-order valence-electron chi connectivity index (χ0n) is 15.4. The molecule has 2 N–H and O–H groups in total. The standard InChI is InChI=1S/C21H19ClN2O3S/c1-14-12-16(21(25)23-19-11-9-17(22)13-15(19)2)8-10-20(14)24-28(26,27)18-6-4-3-5-7-18/h3-13,24H,1-2H3,(H,23,25). The van der Waals surface area contributed by atoms with Crippen molar-refractivity contribution in [1.29, 1.82) is 0 Å². The van der Waals surface area contributed by atoms with Crippen LogP contribution in [0.2, 0.25) is 5.02 Å². The van der Waals surface area contributed by atoms with Crippen LogP contribution in [0.1, 0.15) is 21.5 Å². The van der Waals surface area contributed by atoms with Gasteiger partial charge in [-0.25, -0.2) is 8.42 Å². The molecule has 0 saturated heterocycles. The van der Waals surface area contributed by atoms with Crippen LogP contribution < -0.4 is 10.0 Å². The van der Waals surface area contributed by atoms with Crippen LogP contribution in [0.15, 0.2) is 71.6 Å². The third-order valence-corrected chi connectivity index (χ3v) is 5.84. The lowest BCUT2D eigenvalue weighted by Crippen LogP contribution is -2.15. The van der Waals surface area contributed by atoms with Crippen molar-refractivity contribution < 1.29 is 13.2 Å². The van der Waals surface area contributed by atoms with E-state index in [2.05, 4.69) is 10.0 Å². The minimum absolute atomic E-state index is 0.175. The molecule has 3 aromatic carbocycles. The Bertz CT molecular complexity index is 1130. The number of carbonyl (C=O) groups is 1. The van der Waals surface area contributed by atoms with Crippen LogP contribution in [0.4, 0.5) is 11.4 Å². The van der Waals surface area contributed by atoms with Gasteiger partial charge < -0.3 is 5.32 Å². The number of anilines is 2. The molecule has 0 unspecified atom stereocenters. The average Bonchev–Trinajstić information content (AvgIpc) is 2.66. The second-order valence-corrected chi connectivity index (χ2v) is 8.48. The summed E-state index contributed by atoms with van der Waals surface area (Å²) >= 11 is 5.94. The first-order valence-corrected chi connectivity index (χ1v) is 10.4. The molecule has 0 spiro atoms. The maximum Gasteiger partial charge on any atom is 0.261 e.